The van der Waals surface area contributed by atoms with E-state index in [1.54, 1.807) is 32.5 Å². The summed E-state index contributed by atoms with van der Waals surface area (Å²) in [6.45, 7) is -1.69. The Labute approximate surface area is 174 Å². The fourth-order valence-electron chi connectivity index (χ4n) is 2.36. The Morgan fingerprint density at radius 1 is 1.22 bits per heavy atom. The Morgan fingerprint density at radius 3 is 2.52 bits per heavy atom. The van der Waals surface area contributed by atoms with Gasteiger partial charge in [-0.25, -0.2) is 4.98 Å². The Morgan fingerprint density at radius 2 is 1.93 bits per heavy atom. The molecule has 1 aromatic carbocycles. The van der Waals surface area contributed by atoms with Crippen LogP contribution in [0.2, 0.25) is 0 Å². The van der Waals surface area contributed by atoms with E-state index in [-0.39, 0.29) is 29.7 Å². The van der Waals surface area contributed by atoms with Crippen molar-refractivity contribution >= 4 is 29.9 Å². The first-order valence-corrected chi connectivity index (χ1v) is 7.96. The highest BCUT2D eigenvalue weighted by Crippen LogP contribution is 2.16. The second-order valence-corrected chi connectivity index (χ2v) is 5.49. The summed E-state index contributed by atoms with van der Waals surface area (Å²) in [7, 11) is 5.17. The Bertz CT molecular complexity index is 730. The van der Waals surface area contributed by atoms with Crippen LogP contribution in [0.1, 0.15) is 11.1 Å². The van der Waals surface area contributed by atoms with Gasteiger partial charge in [0.25, 0.3) is 0 Å². The van der Waals surface area contributed by atoms with Crippen LogP contribution in [0.15, 0.2) is 47.6 Å². The van der Waals surface area contributed by atoms with Gasteiger partial charge in [-0.05, 0) is 29.3 Å². The van der Waals surface area contributed by atoms with Crippen LogP contribution >= 0.6 is 24.0 Å². The van der Waals surface area contributed by atoms with Gasteiger partial charge in [-0.1, -0.05) is 12.1 Å². The van der Waals surface area contributed by atoms with E-state index in [1.165, 1.54) is 12.1 Å². The van der Waals surface area contributed by atoms with Crippen LogP contribution in [0.4, 0.5) is 8.78 Å². The van der Waals surface area contributed by atoms with Gasteiger partial charge >= 0.3 is 6.61 Å². The molecule has 148 valence electrons. The average Bonchev–Trinajstić information content (AvgIpc) is 2.63. The van der Waals surface area contributed by atoms with Gasteiger partial charge in [-0.3, -0.25) is 4.99 Å². The van der Waals surface area contributed by atoms with Crippen molar-refractivity contribution in [3.05, 3.63) is 53.7 Å². The highest BCUT2D eigenvalue weighted by Gasteiger charge is 2.08. The van der Waals surface area contributed by atoms with Gasteiger partial charge in [0.15, 0.2) is 5.96 Å². The van der Waals surface area contributed by atoms with Gasteiger partial charge in [0.2, 0.25) is 5.88 Å². The summed E-state index contributed by atoms with van der Waals surface area (Å²) in [5, 5.41) is 3.26. The highest BCUT2D eigenvalue weighted by molar-refractivity contribution is 14.0. The van der Waals surface area contributed by atoms with E-state index in [1.807, 2.05) is 24.1 Å². The van der Waals surface area contributed by atoms with Crippen LogP contribution in [-0.2, 0) is 13.1 Å². The maximum absolute atomic E-state index is 12.2. The van der Waals surface area contributed by atoms with Crippen molar-refractivity contribution in [2.45, 2.75) is 19.7 Å². The van der Waals surface area contributed by atoms with Gasteiger partial charge in [0.05, 0.1) is 7.11 Å². The normalized spacial score (nSPS) is 11.0. The molecule has 2 aromatic rings. The summed E-state index contributed by atoms with van der Waals surface area (Å²) in [5.74, 6) is 1.40. The predicted molar refractivity (Wildman–Crippen MR) is 111 cm³/mol. The van der Waals surface area contributed by atoms with E-state index in [0.717, 1.165) is 11.1 Å². The number of aromatic nitrogens is 1. The lowest BCUT2D eigenvalue weighted by Gasteiger charge is -2.22. The van der Waals surface area contributed by atoms with E-state index >= 15 is 0 Å². The van der Waals surface area contributed by atoms with Crippen LogP contribution in [0.25, 0.3) is 0 Å². The molecule has 0 aliphatic carbocycles. The summed E-state index contributed by atoms with van der Waals surface area (Å²) < 4.78 is 33.8. The van der Waals surface area contributed by atoms with Gasteiger partial charge < -0.3 is 19.7 Å². The van der Waals surface area contributed by atoms with Crippen LogP contribution in [-0.4, -0.2) is 43.7 Å². The number of guanidine groups is 1. The molecule has 0 aliphatic heterocycles. The number of hydrogen-bond donors (Lipinski definition) is 1. The first-order chi connectivity index (χ1) is 12.5. The molecule has 0 unspecified atom stereocenters. The topological polar surface area (TPSA) is 59.0 Å². The van der Waals surface area contributed by atoms with Crippen LogP contribution in [0.5, 0.6) is 11.6 Å². The lowest BCUT2D eigenvalue weighted by molar-refractivity contribution is -0.0498. The Hall–Kier alpha value is -2.17. The number of rotatable bonds is 7. The van der Waals surface area contributed by atoms with Gasteiger partial charge in [-0.2, -0.15) is 8.78 Å². The second kappa shape index (κ2) is 11.5. The number of methoxy groups -OCH3 is 1. The number of hydrogen-bond acceptors (Lipinski definition) is 4. The third kappa shape index (κ3) is 7.53. The number of benzene rings is 1. The summed E-state index contributed by atoms with van der Waals surface area (Å²) in [6.07, 6.45) is 1.69. The summed E-state index contributed by atoms with van der Waals surface area (Å²) >= 11 is 0. The first kappa shape index (κ1) is 22.9. The maximum atomic E-state index is 12.2. The molecule has 0 radical (unpaired) electrons. The minimum Gasteiger partial charge on any atom is -0.481 e. The molecule has 1 aromatic heterocycles. The monoisotopic (exact) mass is 492 g/mol. The van der Waals surface area contributed by atoms with Crippen molar-refractivity contribution in [3.63, 3.8) is 0 Å². The Kier molecular flexibility index (Phi) is 9.76. The third-order valence-electron chi connectivity index (χ3n) is 3.60. The molecule has 0 amide bonds. The fraction of sp³-hybridized carbons (Fsp3) is 0.333. The molecule has 9 heteroatoms. The van der Waals surface area contributed by atoms with E-state index < -0.39 is 6.61 Å². The van der Waals surface area contributed by atoms with Gasteiger partial charge in [0.1, 0.15) is 5.75 Å². The molecule has 0 atom stereocenters. The van der Waals surface area contributed by atoms with Gasteiger partial charge in [-0.15, -0.1) is 24.0 Å². The number of nitrogens with one attached hydrogen (secondary N) is 1. The van der Waals surface area contributed by atoms with Crippen LogP contribution < -0.4 is 14.8 Å². The smallest absolute Gasteiger partial charge is 0.387 e. The molecule has 0 bridgehead atoms. The standard InChI is InChI=1S/C18H22F2N4O2.HI/c1-21-18(23-11-14-8-9-22-16(10-14)25-3)24(2)12-13-4-6-15(7-5-13)26-17(19)20;/h4-10,17H,11-12H2,1-3H3,(H,21,23);1H. The number of nitrogens with zero attached hydrogens (tertiary/aromatic N) is 3. The van der Waals surface area contributed by atoms with Crippen molar-refractivity contribution < 1.29 is 18.3 Å². The van der Waals surface area contributed by atoms with Crippen molar-refractivity contribution in [2.75, 3.05) is 21.2 Å². The Balaban J connectivity index is 0.00000364. The zero-order chi connectivity index (χ0) is 18.9. The summed E-state index contributed by atoms with van der Waals surface area (Å²) in [4.78, 5) is 10.3. The third-order valence-corrected chi connectivity index (χ3v) is 3.60. The molecular formula is C18H23F2IN4O2. The largest absolute Gasteiger partial charge is 0.481 e. The molecular weight excluding hydrogens is 469 g/mol. The van der Waals surface area contributed by atoms with E-state index in [2.05, 4.69) is 20.0 Å². The van der Waals surface area contributed by atoms with E-state index in [4.69, 9.17) is 4.74 Å². The summed E-state index contributed by atoms with van der Waals surface area (Å²) in [5.41, 5.74) is 1.96. The van der Waals surface area contributed by atoms with Crippen molar-refractivity contribution in [3.8, 4) is 11.6 Å². The van der Waals surface area contributed by atoms with Gasteiger partial charge in [0, 0.05) is 39.4 Å². The predicted octanol–water partition coefficient (Wildman–Crippen LogP) is 3.52. The van der Waals surface area contributed by atoms with Crippen molar-refractivity contribution in [1.82, 2.24) is 15.2 Å². The van der Waals surface area contributed by atoms with E-state index in [0.29, 0.717) is 24.9 Å². The number of pyridine rings is 1. The molecule has 2 rings (SSSR count). The minimum atomic E-state index is -2.82. The number of ether oxygens (including phenoxy) is 2. The zero-order valence-corrected chi connectivity index (χ0v) is 17.7. The van der Waals surface area contributed by atoms with Crippen LogP contribution in [0, 0.1) is 0 Å². The molecule has 0 spiro atoms. The van der Waals surface area contributed by atoms with Crippen molar-refractivity contribution in [1.29, 1.82) is 0 Å². The molecule has 0 saturated heterocycles. The highest BCUT2D eigenvalue weighted by atomic mass is 127. The molecule has 0 saturated carbocycles. The fourth-order valence-corrected chi connectivity index (χ4v) is 2.36. The number of alkyl halides is 2. The minimum absolute atomic E-state index is 0. The summed E-state index contributed by atoms with van der Waals surface area (Å²) in [6, 6.07) is 10.3. The SMILES string of the molecule is CN=C(NCc1ccnc(OC)c1)N(C)Cc1ccc(OC(F)F)cc1.I. The average molecular weight is 492 g/mol. The first-order valence-electron chi connectivity index (χ1n) is 7.96. The van der Waals surface area contributed by atoms with Crippen molar-refractivity contribution in [2.24, 2.45) is 4.99 Å². The molecule has 1 heterocycles. The lowest BCUT2D eigenvalue weighted by atomic mass is 10.2. The van der Waals surface area contributed by atoms with Crippen LogP contribution in [0.3, 0.4) is 0 Å². The second-order valence-electron chi connectivity index (χ2n) is 5.49. The molecule has 6 nitrogen and oxygen atoms in total. The quantitative estimate of drug-likeness (QED) is 0.364. The lowest BCUT2D eigenvalue weighted by Crippen LogP contribution is -2.38. The molecule has 0 fully saturated rings. The maximum Gasteiger partial charge on any atom is 0.387 e. The molecule has 0 aliphatic rings. The zero-order valence-electron chi connectivity index (χ0n) is 15.4. The number of halogens is 3. The van der Waals surface area contributed by atoms with E-state index in [9.17, 15) is 8.78 Å². The molecule has 1 N–H and O–H groups in total. The number of aliphatic imine (C=N–C) groups is 1. The molecule has 27 heavy (non-hydrogen) atoms.